The summed E-state index contributed by atoms with van der Waals surface area (Å²) < 4.78 is 14.3. The highest BCUT2D eigenvalue weighted by molar-refractivity contribution is 6.33. The number of aromatic nitrogens is 2. The maximum absolute atomic E-state index is 13.0. The number of nitrogens with zero attached hydrogens (tertiary/aromatic N) is 2. The lowest BCUT2D eigenvalue weighted by atomic mass is 10.1. The van der Waals surface area contributed by atoms with Crippen LogP contribution in [0.2, 0.25) is 5.15 Å². The molecule has 1 heterocycles. The van der Waals surface area contributed by atoms with Crippen molar-refractivity contribution in [2.24, 2.45) is 0 Å². The molecule has 1 N–H and O–H groups in total. The van der Waals surface area contributed by atoms with Gasteiger partial charge in [-0.25, -0.2) is 13.9 Å². The molecule has 2 aromatic carbocycles. The van der Waals surface area contributed by atoms with Gasteiger partial charge in [-0.05, 0) is 24.3 Å². The number of hydrogen-bond acceptors (Lipinski definition) is 2. The van der Waals surface area contributed by atoms with Crippen molar-refractivity contribution in [1.82, 2.24) is 9.78 Å². The van der Waals surface area contributed by atoms with E-state index in [0.29, 0.717) is 11.3 Å². The van der Waals surface area contributed by atoms with Gasteiger partial charge in [-0.15, -0.1) is 0 Å². The van der Waals surface area contributed by atoms with Crippen LogP contribution in [0.4, 0.5) is 4.39 Å². The van der Waals surface area contributed by atoms with Crippen molar-refractivity contribution in [3.63, 3.8) is 0 Å². The number of hydrogen-bond donors (Lipinski definition) is 1. The van der Waals surface area contributed by atoms with Crippen LogP contribution in [0.3, 0.4) is 0 Å². The molecule has 0 aliphatic heterocycles. The minimum atomic E-state index is -1.17. The van der Waals surface area contributed by atoms with Gasteiger partial charge in [0.15, 0.2) is 0 Å². The molecule has 0 fully saturated rings. The molecule has 22 heavy (non-hydrogen) atoms. The number of rotatable bonds is 3. The lowest BCUT2D eigenvalue weighted by Crippen LogP contribution is -1.99. The van der Waals surface area contributed by atoms with Crippen LogP contribution in [0.25, 0.3) is 16.9 Å². The Kier molecular flexibility index (Phi) is 3.65. The highest BCUT2D eigenvalue weighted by Gasteiger charge is 2.24. The molecule has 0 unspecified atom stereocenters. The number of halogens is 2. The van der Waals surface area contributed by atoms with Crippen molar-refractivity contribution in [2.45, 2.75) is 0 Å². The summed E-state index contributed by atoms with van der Waals surface area (Å²) in [7, 11) is 0. The van der Waals surface area contributed by atoms with Crippen molar-refractivity contribution in [2.75, 3.05) is 0 Å². The zero-order valence-corrected chi connectivity index (χ0v) is 12.0. The van der Waals surface area contributed by atoms with E-state index in [9.17, 15) is 14.3 Å². The molecule has 0 saturated heterocycles. The molecule has 1 aromatic heterocycles. The molecule has 4 nitrogen and oxygen atoms in total. The molecule has 0 bridgehead atoms. The summed E-state index contributed by atoms with van der Waals surface area (Å²) in [5, 5.41) is 13.7. The van der Waals surface area contributed by atoms with E-state index in [-0.39, 0.29) is 16.4 Å². The van der Waals surface area contributed by atoms with Gasteiger partial charge in [0.1, 0.15) is 22.2 Å². The summed E-state index contributed by atoms with van der Waals surface area (Å²) in [6.45, 7) is 0. The molecule has 0 atom stereocenters. The molecular weight excluding hydrogens is 307 g/mol. The lowest BCUT2D eigenvalue weighted by Gasteiger charge is -2.02. The fourth-order valence-corrected chi connectivity index (χ4v) is 2.44. The van der Waals surface area contributed by atoms with E-state index < -0.39 is 11.8 Å². The monoisotopic (exact) mass is 316 g/mol. The topological polar surface area (TPSA) is 55.1 Å². The van der Waals surface area contributed by atoms with Gasteiger partial charge in [-0.3, -0.25) is 0 Å². The molecule has 0 aliphatic carbocycles. The number of aromatic carboxylic acids is 1. The van der Waals surface area contributed by atoms with Gasteiger partial charge in [0.25, 0.3) is 0 Å². The quantitative estimate of drug-likeness (QED) is 0.793. The second kappa shape index (κ2) is 5.61. The fraction of sp³-hybridized carbons (Fsp3) is 0. The van der Waals surface area contributed by atoms with Crippen LogP contribution >= 0.6 is 11.6 Å². The van der Waals surface area contributed by atoms with Crippen molar-refractivity contribution < 1.29 is 14.3 Å². The van der Waals surface area contributed by atoms with Crippen LogP contribution in [0.5, 0.6) is 0 Å². The third-order valence-corrected chi connectivity index (χ3v) is 3.51. The van der Waals surface area contributed by atoms with Gasteiger partial charge < -0.3 is 5.11 Å². The zero-order valence-electron chi connectivity index (χ0n) is 11.2. The van der Waals surface area contributed by atoms with E-state index in [2.05, 4.69) is 5.10 Å². The first-order chi connectivity index (χ1) is 10.6. The summed E-state index contributed by atoms with van der Waals surface area (Å²) in [6.07, 6.45) is 0. The SMILES string of the molecule is O=C(O)c1c(-c2ccccc2)nn(-c2ccc(F)cc2)c1Cl. The van der Waals surface area contributed by atoms with Gasteiger partial charge in [-0.2, -0.15) is 5.10 Å². The molecule has 0 saturated carbocycles. The minimum absolute atomic E-state index is 0.0297. The number of carbonyl (C=O) groups is 1. The van der Waals surface area contributed by atoms with E-state index >= 15 is 0 Å². The smallest absolute Gasteiger partial charge is 0.341 e. The molecular formula is C16H10ClFN2O2. The highest BCUT2D eigenvalue weighted by Crippen LogP contribution is 2.30. The average molecular weight is 317 g/mol. The zero-order chi connectivity index (χ0) is 15.7. The Morgan fingerprint density at radius 3 is 2.32 bits per heavy atom. The van der Waals surface area contributed by atoms with E-state index in [0.717, 1.165) is 0 Å². The largest absolute Gasteiger partial charge is 0.478 e. The van der Waals surface area contributed by atoms with E-state index in [1.54, 1.807) is 24.3 Å². The van der Waals surface area contributed by atoms with E-state index in [1.165, 1.54) is 28.9 Å². The van der Waals surface area contributed by atoms with Crippen LogP contribution < -0.4 is 0 Å². The van der Waals surface area contributed by atoms with E-state index in [1.807, 2.05) is 6.07 Å². The van der Waals surface area contributed by atoms with Gasteiger partial charge in [0.05, 0.1) is 5.69 Å². The van der Waals surface area contributed by atoms with Crippen molar-refractivity contribution in [1.29, 1.82) is 0 Å². The maximum atomic E-state index is 13.0. The fourth-order valence-electron chi connectivity index (χ4n) is 2.14. The predicted octanol–water partition coefficient (Wildman–Crippen LogP) is 4.03. The molecule has 110 valence electrons. The van der Waals surface area contributed by atoms with Crippen molar-refractivity contribution in [3.05, 3.63) is 71.1 Å². The Bertz CT molecular complexity index is 829. The summed E-state index contributed by atoms with van der Waals surface area (Å²) in [6, 6.07) is 14.4. The first-order valence-corrected chi connectivity index (χ1v) is 6.79. The molecule has 0 aliphatic rings. The first-order valence-electron chi connectivity index (χ1n) is 6.41. The lowest BCUT2D eigenvalue weighted by molar-refractivity contribution is 0.0698. The van der Waals surface area contributed by atoms with Crippen molar-refractivity contribution in [3.8, 4) is 16.9 Å². The molecule has 0 amide bonds. The Balaban J connectivity index is 2.22. The summed E-state index contributed by atoms with van der Waals surface area (Å²) in [5.41, 5.74) is 1.30. The van der Waals surface area contributed by atoms with Gasteiger partial charge in [-0.1, -0.05) is 41.9 Å². The number of carboxylic acid groups (broad SMARTS) is 1. The summed E-state index contributed by atoms with van der Waals surface area (Å²) in [5.74, 6) is -1.56. The first kappa shape index (κ1) is 14.3. The average Bonchev–Trinajstić information content (AvgIpc) is 2.87. The molecule has 3 aromatic rings. The number of carboxylic acids is 1. The molecule has 3 rings (SSSR count). The van der Waals surface area contributed by atoms with Gasteiger partial charge >= 0.3 is 5.97 Å². The maximum Gasteiger partial charge on any atom is 0.341 e. The molecule has 0 spiro atoms. The third-order valence-electron chi connectivity index (χ3n) is 3.16. The predicted molar refractivity (Wildman–Crippen MR) is 80.9 cm³/mol. The van der Waals surface area contributed by atoms with Gasteiger partial charge in [0.2, 0.25) is 0 Å². The molecule has 6 heteroatoms. The number of benzene rings is 2. The highest BCUT2D eigenvalue weighted by atomic mass is 35.5. The Morgan fingerprint density at radius 1 is 1.09 bits per heavy atom. The van der Waals surface area contributed by atoms with Crippen molar-refractivity contribution >= 4 is 17.6 Å². The van der Waals surface area contributed by atoms with E-state index in [4.69, 9.17) is 11.6 Å². The molecule has 0 radical (unpaired) electrons. The normalized spacial score (nSPS) is 10.6. The Morgan fingerprint density at radius 2 is 1.73 bits per heavy atom. The standard InChI is InChI=1S/C16H10ClFN2O2/c17-15-13(16(21)22)14(10-4-2-1-3-5-10)19-20(15)12-8-6-11(18)7-9-12/h1-9H,(H,21,22). The second-order valence-electron chi connectivity index (χ2n) is 4.57. The Hall–Kier alpha value is -2.66. The van der Waals surface area contributed by atoms with Crippen LogP contribution in [-0.2, 0) is 0 Å². The summed E-state index contributed by atoms with van der Waals surface area (Å²) >= 11 is 6.17. The minimum Gasteiger partial charge on any atom is -0.478 e. The van der Waals surface area contributed by atoms with Crippen LogP contribution in [0.1, 0.15) is 10.4 Å². The Labute approximate surface area is 130 Å². The third kappa shape index (κ3) is 2.46. The van der Waals surface area contributed by atoms with Crippen LogP contribution in [0.15, 0.2) is 54.6 Å². The van der Waals surface area contributed by atoms with Gasteiger partial charge in [0, 0.05) is 5.56 Å². The van der Waals surface area contributed by atoms with Crippen LogP contribution in [0, 0.1) is 5.82 Å². The second-order valence-corrected chi connectivity index (χ2v) is 4.93. The van der Waals surface area contributed by atoms with Crippen LogP contribution in [-0.4, -0.2) is 20.9 Å². The summed E-state index contributed by atoms with van der Waals surface area (Å²) in [4.78, 5) is 11.5.